The quantitative estimate of drug-likeness (QED) is 0.726. The molecule has 1 amide bonds. The van der Waals surface area contributed by atoms with Crippen molar-refractivity contribution < 1.29 is 17.9 Å². The zero-order valence-electron chi connectivity index (χ0n) is 16.5. The number of amides is 1. The smallest absolute Gasteiger partial charge is 0.253 e. The molecule has 0 saturated carbocycles. The number of ether oxygens (including phenoxy) is 1. The molecule has 0 bridgehead atoms. The number of halogens is 1. The van der Waals surface area contributed by atoms with Gasteiger partial charge in [-0.05, 0) is 43.9 Å². The van der Waals surface area contributed by atoms with Crippen LogP contribution in [0.1, 0.15) is 42.1 Å². The predicted molar refractivity (Wildman–Crippen MR) is 112 cm³/mol. The molecule has 1 N–H and O–H groups in total. The van der Waals surface area contributed by atoms with Crippen molar-refractivity contribution in [3.8, 4) is 0 Å². The van der Waals surface area contributed by atoms with Crippen LogP contribution in [0.3, 0.4) is 0 Å². The molecule has 3 heterocycles. The highest BCUT2D eigenvalue weighted by Crippen LogP contribution is 2.26. The van der Waals surface area contributed by atoms with Gasteiger partial charge in [0.15, 0.2) is 0 Å². The molecule has 0 spiro atoms. The molecule has 1 unspecified atom stereocenters. The van der Waals surface area contributed by atoms with Crippen LogP contribution in [0, 0.1) is 0 Å². The van der Waals surface area contributed by atoms with Crippen LogP contribution in [0.15, 0.2) is 41.8 Å². The van der Waals surface area contributed by atoms with E-state index in [1.165, 1.54) is 12.1 Å². The fourth-order valence-corrected chi connectivity index (χ4v) is 5.55. The van der Waals surface area contributed by atoms with E-state index in [1.54, 1.807) is 23.5 Å². The summed E-state index contributed by atoms with van der Waals surface area (Å²) in [5.74, 6) is -0.189. The highest BCUT2D eigenvalue weighted by molar-refractivity contribution is 7.89. The van der Waals surface area contributed by atoms with Crippen molar-refractivity contribution in [2.24, 2.45) is 0 Å². The Balaban J connectivity index is 1.43. The maximum Gasteiger partial charge on any atom is 0.253 e. The first-order valence-corrected chi connectivity index (χ1v) is 12.0. The largest absolute Gasteiger partial charge is 0.377 e. The van der Waals surface area contributed by atoms with Gasteiger partial charge in [0.2, 0.25) is 10.0 Å². The van der Waals surface area contributed by atoms with Gasteiger partial charge < -0.3 is 14.2 Å². The van der Waals surface area contributed by atoms with Gasteiger partial charge in [-0.3, -0.25) is 4.79 Å². The average Bonchev–Trinajstić information content (AvgIpc) is 3.46. The molecular formula is C20H25ClN4O4S. The van der Waals surface area contributed by atoms with Crippen LogP contribution < -0.4 is 4.72 Å². The third kappa shape index (κ3) is 4.69. The molecule has 2 saturated heterocycles. The second kappa shape index (κ2) is 9.05. The van der Waals surface area contributed by atoms with E-state index in [1.807, 2.05) is 6.20 Å². The molecule has 10 heteroatoms. The molecule has 2 aliphatic rings. The second-order valence-corrected chi connectivity index (χ2v) is 9.81. The van der Waals surface area contributed by atoms with Crippen LogP contribution in [0.5, 0.6) is 0 Å². The van der Waals surface area contributed by atoms with Crippen molar-refractivity contribution in [3.63, 3.8) is 0 Å². The van der Waals surface area contributed by atoms with E-state index in [2.05, 4.69) is 14.3 Å². The van der Waals surface area contributed by atoms with Gasteiger partial charge in [0.25, 0.3) is 5.91 Å². The average molecular weight is 453 g/mol. The van der Waals surface area contributed by atoms with Crippen LogP contribution in [-0.4, -0.2) is 61.1 Å². The molecule has 0 radical (unpaired) electrons. The number of hydrogen-bond acceptors (Lipinski definition) is 5. The Bertz CT molecular complexity index is 982. The van der Waals surface area contributed by atoms with Crippen molar-refractivity contribution in [3.05, 3.63) is 47.5 Å². The third-order valence-electron chi connectivity index (χ3n) is 5.69. The topological polar surface area (TPSA) is 93.5 Å². The van der Waals surface area contributed by atoms with Crippen LogP contribution >= 0.6 is 11.6 Å². The first-order valence-electron chi connectivity index (χ1n) is 10.1. The summed E-state index contributed by atoms with van der Waals surface area (Å²) in [5.41, 5.74) is 0.318. The number of nitrogens with one attached hydrogen (secondary N) is 1. The summed E-state index contributed by atoms with van der Waals surface area (Å²) >= 11 is 6.16. The molecule has 8 nitrogen and oxygen atoms in total. The number of aromatic nitrogens is 2. The van der Waals surface area contributed by atoms with E-state index in [9.17, 15) is 13.2 Å². The van der Waals surface area contributed by atoms with Crippen molar-refractivity contribution in [1.29, 1.82) is 0 Å². The summed E-state index contributed by atoms with van der Waals surface area (Å²) in [4.78, 5) is 18.7. The molecule has 0 aliphatic carbocycles. The van der Waals surface area contributed by atoms with Crippen LogP contribution in [0.25, 0.3) is 0 Å². The lowest BCUT2D eigenvalue weighted by molar-refractivity contribution is 0.0694. The normalized spacial score (nSPS) is 20.6. The van der Waals surface area contributed by atoms with Gasteiger partial charge in [0.05, 0.1) is 17.5 Å². The van der Waals surface area contributed by atoms with Crippen LogP contribution in [0.2, 0.25) is 5.02 Å². The van der Waals surface area contributed by atoms with E-state index < -0.39 is 10.0 Å². The third-order valence-corrected chi connectivity index (χ3v) is 7.60. The Kier molecular flexibility index (Phi) is 6.43. The number of piperidine rings is 1. The SMILES string of the molecule is O=C(c1ccc(Cl)c(S(=O)(=O)NCC2CCCO2)c1)N1CCC(n2ccnc2)CC1. The number of hydrogen-bond donors (Lipinski definition) is 1. The number of imidazole rings is 1. The fourth-order valence-electron chi connectivity index (χ4n) is 3.96. The molecule has 30 heavy (non-hydrogen) atoms. The lowest BCUT2D eigenvalue weighted by Gasteiger charge is -2.32. The standard InChI is InChI=1S/C20H25ClN4O4S/c21-18-4-3-15(12-19(18)30(27,28)23-13-17-2-1-11-29-17)20(26)24-8-5-16(6-9-24)25-10-7-22-14-25/h3-4,7,10,12,14,16-17,23H,1-2,5-6,8-9,11,13H2. The van der Waals surface area contributed by atoms with Gasteiger partial charge in [-0.2, -0.15) is 0 Å². The zero-order valence-corrected chi connectivity index (χ0v) is 18.1. The van der Waals surface area contributed by atoms with E-state index in [0.29, 0.717) is 31.3 Å². The maximum atomic E-state index is 13.0. The summed E-state index contributed by atoms with van der Waals surface area (Å²) in [6, 6.07) is 4.73. The van der Waals surface area contributed by atoms with Crippen molar-refractivity contribution in [2.45, 2.75) is 42.7 Å². The molecule has 1 atom stereocenters. The number of benzene rings is 1. The molecule has 2 fully saturated rings. The minimum atomic E-state index is -3.85. The predicted octanol–water partition coefficient (Wildman–Crippen LogP) is 2.47. The molecular weight excluding hydrogens is 428 g/mol. The van der Waals surface area contributed by atoms with Crippen LogP contribution in [0.4, 0.5) is 0 Å². The Hall–Kier alpha value is -1.94. The van der Waals surface area contributed by atoms with Gasteiger partial charge in [-0.1, -0.05) is 11.6 Å². The Labute approximate surface area is 181 Å². The van der Waals surface area contributed by atoms with Crippen molar-refractivity contribution in [1.82, 2.24) is 19.2 Å². The van der Waals surface area contributed by atoms with Gasteiger partial charge in [0, 0.05) is 50.2 Å². The van der Waals surface area contributed by atoms with Crippen molar-refractivity contribution in [2.75, 3.05) is 26.2 Å². The number of rotatable bonds is 6. The van der Waals surface area contributed by atoms with Crippen molar-refractivity contribution >= 4 is 27.5 Å². The lowest BCUT2D eigenvalue weighted by Crippen LogP contribution is -2.39. The maximum absolute atomic E-state index is 13.0. The minimum Gasteiger partial charge on any atom is -0.377 e. The van der Waals surface area contributed by atoms with E-state index >= 15 is 0 Å². The summed E-state index contributed by atoms with van der Waals surface area (Å²) in [6.07, 6.45) is 8.75. The van der Waals surface area contributed by atoms with Gasteiger partial charge in [-0.15, -0.1) is 0 Å². The summed E-state index contributed by atoms with van der Waals surface area (Å²) in [5, 5.41) is 0.0882. The lowest BCUT2D eigenvalue weighted by atomic mass is 10.0. The van der Waals surface area contributed by atoms with E-state index in [4.69, 9.17) is 16.3 Å². The molecule has 2 aliphatic heterocycles. The first-order chi connectivity index (χ1) is 14.4. The number of likely N-dealkylation sites (tertiary alicyclic amines) is 1. The number of sulfonamides is 1. The number of carbonyl (C=O) groups excluding carboxylic acids is 1. The van der Waals surface area contributed by atoms with Crippen LogP contribution in [-0.2, 0) is 14.8 Å². The molecule has 162 valence electrons. The number of nitrogens with zero attached hydrogens (tertiary/aromatic N) is 3. The van der Waals surface area contributed by atoms with Gasteiger partial charge in [-0.25, -0.2) is 18.1 Å². The molecule has 2 aromatic rings. The fraction of sp³-hybridized carbons (Fsp3) is 0.500. The number of carbonyl (C=O) groups is 1. The van der Waals surface area contributed by atoms with Gasteiger partial charge in [0.1, 0.15) is 4.90 Å². The summed E-state index contributed by atoms with van der Waals surface area (Å²) in [6.45, 7) is 2.04. The van der Waals surface area contributed by atoms with E-state index in [0.717, 1.165) is 25.7 Å². The first kappa shape index (κ1) is 21.3. The minimum absolute atomic E-state index is 0.0821. The Morgan fingerprint density at radius 1 is 1.27 bits per heavy atom. The molecule has 1 aromatic heterocycles. The monoisotopic (exact) mass is 452 g/mol. The van der Waals surface area contributed by atoms with E-state index in [-0.39, 0.29) is 28.5 Å². The Morgan fingerprint density at radius 2 is 2.07 bits per heavy atom. The highest BCUT2D eigenvalue weighted by atomic mass is 35.5. The Morgan fingerprint density at radius 3 is 2.73 bits per heavy atom. The molecule has 4 rings (SSSR count). The second-order valence-electron chi connectivity index (χ2n) is 7.67. The summed E-state index contributed by atoms with van der Waals surface area (Å²) < 4.78 is 35.6. The zero-order chi connectivity index (χ0) is 21.1. The summed E-state index contributed by atoms with van der Waals surface area (Å²) in [7, 11) is -3.85. The van der Waals surface area contributed by atoms with Gasteiger partial charge >= 0.3 is 0 Å². The highest BCUT2D eigenvalue weighted by Gasteiger charge is 2.27. The molecule has 1 aromatic carbocycles.